The molecule has 0 radical (unpaired) electrons. The lowest BCUT2D eigenvalue weighted by molar-refractivity contribution is 0.0510. The molecule has 0 aliphatic carbocycles. The van der Waals surface area contributed by atoms with E-state index in [2.05, 4.69) is 9.97 Å². The van der Waals surface area contributed by atoms with Gasteiger partial charge in [-0.3, -0.25) is 9.38 Å². The van der Waals surface area contributed by atoms with Gasteiger partial charge >= 0.3 is 11.9 Å². The van der Waals surface area contributed by atoms with E-state index in [0.717, 1.165) is 0 Å². The molecule has 0 amide bonds. The van der Waals surface area contributed by atoms with Crippen molar-refractivity contribution >= 4 is 17.6 Å². The number of imidazole rings is 1. The standard InChI is InChI=1S/C18H17N3O4/c1-3-24-17(22)12-8-7-11-21-15(18(23)25-4-2)14(20-16(12)21)13-9-5-6-10-19-13/h5-11H,3-4H2,1-2H3. The van der Waals surface area contributed by atoms with Gasteiger partial charge < -0.3 is 9.47 Å². The SMILES string of the molecule is CCOC(=O)c1cccn2c(C(=O)OCC)c(-c3ccccn3)nc12. The van der Waals surface area contributed by atoms with Crippen molar-refractivity contribution in [3.05, 3.63) is 54.0 Å². The van der Waals surface area contributed by atoms with Crippen molar-refractivity contribution < 1.29 is 19.1 Å². The molecule has 0 saturated carbocycles. The Kier molecular flexibility index (Phi) is 4.74. The van der Waals surface area contributed by atoms with E-state index in [1.54, 1.807) is 56.6 Å². The largest absolute Gasteiger partial charge is 0.462 e. The summed E-state index contributed by atoms with van der Waals surface area (Å²) in [4.78, 5) is 33.4. The van der Waals surface area contributed by atoms with Gasteiger partial charge in [-0.05, 0) is 38.1 Å². The maximum atomic E-state index is 12.5. The summed E-state index contributed by atoms with van der Waals surface area (Å²) in [6.07, 6.45) is 3.27. The molecule has 3 aromatic rings. The van der Waals surface area contributed by atoms with Gasteiger partial charge in [-0.15, -0.1) is 0 Å². The number of hydrogen-bond donors (Lipinski definition) is 0. The predicted molar refractivity (Wildman–Crippen MR) is 90.3 cm³/mol. The first-order valence-electron chi connectivity index (χ1n) is 7.94. The molecule has 128 valence electrons. The first-order valence-corrected chi connectivity index (χ1v) is 7.94. The van der Waals surface area contributed by atoms with E-state index in [1.807, 2.05) is 0 Å². The Morgan fingerprint density at radius 1 is 1.04 bits per heavy atom. The Hall–Kier alpha value is -3.22. The summed E-state index contributed by atoms with van der Waals surface area (Å²) in [6.45, 7) is 3.93. The number of esters is 2. The first-order chi connectivity index (χ1) is 12.2. The van der Waals surface area contributed by atoms with E-state index >= 15 is 0 Å². The summed E-state index contributed by atoms with van der Waals surface area (Å²) >= 11 is 0. The third-order valence-corrected chi connectivity index (χ3v) is 3.52. The number of fused-ring (bicyclic) bond motifs is 1. The van der Waals surface area contributed by atoms with E-state index in [1.165, 1.54) is 4.40 Å². The summed E-state index contributed by atoms with van der Waals surface area (Å²) in [6, 6.07) is 8.58. The van der Waals surface area contributed by atoms with Crippen LogP contribution in [-0.2, 0) is 9.47 Å². The zero-order chi connectivity index (χ0) is 17.8. The van der Waals surface area contributed by atoms with Crippen molar-refractivity contribution in [1.82, 2.24) is 14.4 Å². The molecule has 0 spiro atoms. The van der Waals surface area contributed by atoms with Crippen molar-refractivity contribution in [2.24, 2.45) is 0 Å². The Balaban J connectivity index is 2.27. The van der Waals surface area contributed by atoms with Crippen molar-refractivity contribution in [2.75, 3.05) is 13.2 Å². The highest BCUT2D eigenvalue weighted by atomic mass is 16.5. The zero-order valence-corrected chi connectivity index (χ0v) is 13.9. The average Bonchev–Trinajstić information content (AvgIpc) is 3.02. The van der Waals surface area contributed by atoms with Gasteiger partial charge in [0.05, 0.1) is 18.9 Å². The van der Waals surface area contributed by atoms with Gasteiger partial charge in [-0.1, -0.05) is 6.07 Å². The Labute approximate surface area is 144 Å². The van der Waals surface area contributed by atoms with E-state index in [9.17, 15) is 9.59 Å². The topological polar surface area (TPSA) is 82.8 Å². The molecule has 3 rings (SSSR count). The van der Waals surface area contributed by atoms with Crippen molar-refractivity contribution in [1.29, 1.82) is 0 Å². The van der Waals surface area contributed by atoms with E-state index in [4.69, 9.17) is 9.47 Å². The van der Waals surface area contributed by atoms with Gasteiger partial charge in [-0.2, -0.15) is 0 Å². The lowest BCUT2D eigenvalue weighted by atomic mass is 10.2. The third-order valence-electron chi connectivity index (χ3n) is 3.52. The zero-order valence-electron chi connectivity index (χ0n) is 13.9. The summed E-state index contributed by atoms with van der Waals surface area (Å²) < 4.78 is 11.8. The number of carbonyl (C=O) groups excluding carboxylic acids is 2. The van der Waals surface area contributed by atoms with Crippen LogP contribution in [0.4, 0.5) is 0 Å². The molecule has 3 heterocycles. The Morgan fingerprint density at radius 3 is 2.48 bits per heavy atom. The first kappa shape index (κ1) is 16.6. The lowest BCUT2D eigenvalue weighted by Gasteiger charge is -2.06. The van der Waals surface area contributed by atoms with Crippen LogP contribution in [0.15, 0.2) is 42.7 Å². The van der Waals surface area contributed by atoms with Crippen LogP contribution in [0.5, 0.6) is 0 Å². The van der Waals surface area contributed by atoms with Crippen LogP contribution in [0.3, 0.4) is 0 Å². The molecule has 25 heavy (non-hydrogen) atoms. The van der Waals surface area contributed by atoms with Gasteiger partial charge in [0.25, 0.3) is 0 Å². The van der Waals surface area contributed by atoms with Crippen LogP contribution < -0.4 is 0 Å². The Bertz CT molecular complexity index is 919. The fraction of sp³-hybridized carbons (Fsp3) is 0.222. The smallest absolute Gasteiger partial charge is 0.357 e. The molecule has 0 atom stereocenters. The number of rotatable bonds is 5. The highest BCUT2D eigenvalue weighted by Crippen LogP contribution is 2.25. The Morgan fingerprint density at radius 2 is 1.80 bits per heavy atom. The second kappa shape index (κ2) is 7.12. The minimum Gasteiger partial charge on any atom is -0.462 e. The highest BCUT2D eigenvalue weighted by molar-refractivity contribution is 6.00. The number of carbonyl (C=O) groups is 2. The van der Waals surface area contributed by atoms with Gasteiger partial charge in [0.15, 0.2) is 11.3 Å². The molecule has 0 aliphatic rings. The number of ether oxygens (including phenoxy) is 2. The van der Waals surface area contributed by atoms with Gasteiger partial charge in [-0.25, -0.2) is 14.6 Å². The molecule has 0 fully saturated rings. The van der Waals surface area contributed by atoms with Crippen LogP contribution in [0.2, 0.25) is 0 Å². The molecule has 0 unspecified atom stereocenters. The molecule has 0 bridgehead atoms. The van der Waals surface area contributed by atoms with Gasteiger partial charge in [0, 0.05) is 12.4 Å². The summed E-state index contributed by atoms with van der Waals surface area (Å²) in [7, 11) is 0. The minimum atomic E-state index is -0.531. The fourth-order valence-electron chi connectivity index (χ4n) is 2.51. The number of aromatic nitrogens is 3. The van der Waals surface area contributed by atoms with Crippen molar-refractivity contribution in [3.8, 4) is 11.4 Å². The number of hydrogen-bond acceptors (Lipinski definition) is 6. The van der Waals surface area contributed by atoms with Gasteiger partial charge in [0.1, 0.15) is 11.3 Å². The normalized spacial score (nSPS) is 10.6. The summed E-state index contributed by atoms with van der Waals surface area (Å²) in [5, 5.41) is 0. The van der Waals surface area contributed by atoms with Crippen molar-refractivity contribution in [3.63, 3.8) is 0 Å². The molecular weight excluding hydrogens is 322 g/mol. The number of pyridine rings is 2. The fourth-order valence-corrected chi connectivity index (χ4v) is 2.51. The van der Waals surface area contributed by atoms with Crippen molar-refractivity contribution in [2.45, 2.75) is 13.8 Å². The highest BCUT2D eigenvalue weighted by Gasteiger charge is 2.25. The quantitative estimate of drug-likeness (QED) is 0.665. The molecule has 0 saturated heterocycles. The molecule has 0 N–H and O–H groups in total. The minimum absolute atomic E-state index is 0.224. The van der Waals surface area contributed by atoms with E-state index < -0.39 is 11.9 Å². The van der Waals surface area contributed by atoms with Crippen LogP contribution in [-0.4, -0.2) is 39.5 Å². The second-order valence-electron chi connectivity index (χ2n) is 5.08. The van der Waals surface area contributed by atoms with Crippen LogP contribution in [0.25, 0.3) is 17.0 Å². The van der Waals surface area contributed by atoms with Crippen LogP contribution >= 0.6 is 0 Å². The lowest BCUT2D eigenvalue weighted by Crippen LogP contribution is -2.11. The average molecular weight is 339 g/mol. The van der Waals surface area contributed by atoms with Crippen LogP contribution in [0, 0.1) is 0 Å². The summed E-state index contributed by atoms with van der Waals surface area (Å²) in [5.41, 5.74) is 1.70. The monoisotopic (exact) mass is 339 g/mol. The van der Waals surface area contributed by atoms with Gasteiger partial charge in [0.2, 0.25) is 0 Å². The summed E-state index contributed by atoms with van der Waals surface area (Å²) in [5.74, 6) is -1.03. The molecule has 7 heteroatoms. The molecule has 3 aromatic heterocycles. The molecule has 7 nitrogen and oxygen atoms in total. The predicted octanol–water partition coefficient (Wildman–Crippen LogP) is 2.75. The molecular formula is C18H17N3O4. The van der Waals surface area contributed by atoms with E-state index in [-0.39, 0.29) is 24.5 Å². The molecule has 0 aromatic carbocycles. The maximum Gasteiger partial charge on any atom is 0.357 e. The maximum absolute atomic E-state index is 12.5. The third kappa shape index (κ3) is 3.08. The molecule has 0 aliphatic heterocycles. The second-order valence-corrected chi connectivity index (χ2v) is 5.08. The van der Waals surface area contributed by atoms with Crippen LogP contribution in [0.1, 0.15) is 34.7 Å². The number of nitrogens with zero attached hydrogens (tertiary/aromatic N) is 3. The van der Waals surface area contributed by atoms with E-state index in [0.29, 0.717) is 17.0 Å².